The molecule has 2 atom stereocenters. The van der Waals surface area contributed by atoms with Crippen LogP contribution in [-0.2, 0) is 0 Å². The van der Waals surface area contributed by atoms with Crippen molar-refractivity contribution in [1.82, 2.24) is 0 Å². The number of furan rings is 1. The first-order valence-corrected chi connectivity index (χ1v) is 6.49. The third kappa shape index (κ3) is 2.07. The Labute approximate surface area is 105 Å². The van der Waals surface area contributed by atoms with Crippen LogP contribution in [0.15, 0.2) is 28.7 Å². The highest BCUT2D eigenvalue weighted by Crippen LogP contribution is 2.36. The maximum Gasteiger partial charge on any atom is 0.134 e. The van der Waals surface area contributed by atoms with Gasteiger partial charge in [0.15, 0.2) is 0 Å². The summed E-state index contributed by atoms with van der Waals surface area (Å²) < 4.78 is 5.81. The summed E-state index contributed by atoms with van der Waals surface area (Å²) in [6.45, 7) is 0. The fraction of sp³-hybridized carbons (Fsp3) is 0.429. The molecule has 1 fully saturated rings. The minimum atomic E-state index is -0.264. The summed E-state index contributed by atoms with van der Waals surface area (Å²) in [5.41, 5.74) is 0.849. The first-order valence-electron chi connectivity index (χ1n) is 6.11. The topological polar surface area (TPSA) is 33.4 Å². The van der Waals surface area contributed by atoms with Crippen molar-refractivity contribution in [3.63, 3.8) is 0 Å². The second kappa shape index (κ2) is 4.35. The lowest BCUT2D eigenvalue weighted by Crippen LogP contribution is -2.21. The van der Waals surface area contributed by atoms with E-state index in [2.05, 4.69) is 0 Å². The zero-order valence-corrected chi connectivity index (χ0v) is 10.3. The van der Waals surface area contributed by atoms with Gasteiger partial charge in [-0.15, -0.1) is 0 Å². The van der Waals surface area contributed by atoms with E-state index in [0.29, 0.717) is 5.02 Å². The first kappa shape index (κ1) is 11.1. The molecule has 1 saturated carbocycles. The lowest BCUT2D eigenvalue weighted by molar-refractivity contribution is 0.0973. The number of benzene rings is 1. The first-order chi connectivity index (χ1) is 8.24. The summed E-state index contributed by atoms with van der Waals surface area (Å²) in [4.78, 5) is 0. The average molecular weight is 251 g/mol. The molecule has 1 N–H and O–H groups in total. The number of fused-ring (bicyclic) bond motifs is 1. The van der Waals surface area contributed by atoms with Crippen LogP contribution in [-0.4, -0.2) is 11.2 Å². The van der Waals surface area contributed by atoms with Crippen molar-refractivity contribution in [1.29, 1.82) is 0 Å². The smallest absolute Gasteiger partial charge is 0.134 e. The second-order valence-corrected chi connectivity index (χ2v) is 5.23. The van der Waals surface area contributed by atoms with Gasteiger partial charge in [-0.2, -0.15) is 0 Å². The molecule has 1 aliphatic rings. The van der Waals surface area contributed by atoms with Crippen LogP contribution in [0.5, 0.6) is 0 Å². The standard InChI is InChI=1S/C14H15ClO2/c15-10-5-6-13-9(7-10)8-14(17-13)11-3-1-2-4-12(11)16/h5-8,11-12,16H,1-4H2. The van der Waals surface area contributed by atoms with Gasteiger partial charge in [0.05, 0.1) is 6.10 Å². The molecule has 3 rings (SSSR count). The van der Waals surface area contributed by atoms with E-state index in [4.69, 9.17) is 16.0 Å². The SMILES string of the molecule is OC1CCCCC1c1cc2cc(Cl)ccc2o1. The van der Waals surface area contributed by atoms with Crippen LogP contribution in [0.25, 0.3) is 11.0 Å². The van der Waals surface area contributed by atoms with Crippen LogP contribution in [0.4, 0.5) is 0 Å². The quantitative estimate of drug-likeness (QED) is 0.827. The maximum atomic E-state index is 10.0. The molecule has 0 amide bonds. The minimum Gasteiger partial charge on any atom is -0.461 e. The van der Waals surface area contributed by atoms with E-state index in [-0.39, 0.29) is 12.0 Å². The second-order valence-electron chi connectivity index (χ2n) is 4.79. The predicted octanol–water partition coefficient (Wildman–Crippen LogP) is 4.10. The van der Waals surface area contributed by atoms with Crippen LogP contribution < -0.4 is 0 Å². The highest BCUT2D eigenvalue weighted by atomic mass is 35.5. The fourth-order valence-corrected chi connectivity index (χ4v) is 2.84. The molecule has 17 heavy (non-hydrogen) atoms. The lowest BCUT2D eigenvalue weighted by atomic mass is 9.85. The third-order valence-electron chi connectivity index (χ3n) is 3.59. The Morgan fingerprint density at radius 1 is 1.18 bits per heavy atom. The van der Waals surface area contributed by atoms with E-state index in [0.717, 1.165) is 36.0 Å². The number of halogens is 1. The Balaban J connectivity index is 1.99. The average Bonchev–Trinajstić information content (AvgIpc) is 2.72. The molecule has 0 saturated heterocycles. The Hall–Kier alpha value is -0.990. The van der Waals surface area contributed by atoms with Gasteiger partial charge in [-0.3, -0.25) is 0 Å². The summed E-state index contributed by atoms with van der Waals surface area (Å²) in [6.07, 6.45) is 3.90. The van der Waals surface area contributed by atoms with Crippen molar-refractivity contribution in [3.05, 3.63) is 35.0 Å². The van der Waals surface area contributed by atoms with Crippen molar-refractivity contribution in [2.45, 2.75) is 37.7 Å². The molecule has 0 radical (unpaired) electrons. The summed E-state index contributed by atoms with van der Waals surface area (Å²) in [7, 11) is 0. The number of hydrogen-bond acceptors (Lipinski definition) is 2. The van der Waals surface area contributed by atoms with Crippen molar-refractivity contribution >= 4 is 22.6 Å². The van der Waals surface area contributed by atoms with Gasteiger partial charge in [0.25, 0.3) is 0 Å². The van der Waals surface area contributed by atoms with E-state index in [1.54, 1.807) is 0 Å². The van der Waals surface area contributed by atoms with Gasteiger partial charge in [0.1, 0.15) is 11.3 Å². The molecule has 1 aromatic carbocycles. The minimum absolute atomic E-state index is 0.148. The zero-order chi connectivity index (χ0) is 11.8. The van der Waals surface area contributed by atoms with E-state index in [1.165, 1.54) is 6.42 Å². The molecule has 2 unspecified atom stereocenters. The van der Waals surface area contributed by atoms with Gasteiger partial charge in [-0.05, 0) is 37.1 Å². The van der Waals surface area contributed by atoms with E-state index < -0.39 is 0 Å². The van der Waals surface area contributed by atoms with Gasteiger partial charge in [0, 0.05) is 16.3 Å². The van der Waals surface area contributed by atoms with Crippen LogP contribution in [0.2, 0.25) is 5.02 Å². The molecule has 2 nitrogen and oxygen atoms in total. The van der Waals surface area contributed by atoms with Crippen LogP contribution in [0.1, 0.15) is 37.4 Å². The third-order valence-corrected chi connectivity index (χ3v) is 3.83. The van der Waals surface area contributed by atoms with E-state index in [1.807, 2.05) is 24.3 Å². The van der Waals surface area contributed by atoms with Crippen LogP contribution >= 0.6 is 11.6 Å². The van der Waals surface area contributed by atoms with Crippen molar-refractivity contribution in [3.8, 4) is 0 Å². The molecule has 0 spiro atoms. The summed E-state index contributed by atoms with van der Waals surface area (Å²) in [5.74, 6) is 1.05. The van der Waals surface area contributed by atoms with Crippen molar-refractivity contribution in [2.75, 3.05) is 0 Å². The molecule has 2 aromatic rings. The van der Waals surface area contributed by atoms with Crippen molar-refractivity contribution in [2.24, 2.45) is 0 Å². The molecule has 0 aliphatic heterocycles. The molecule has 1 heterocycles. The maximum absolute atomic E-state index is 10.0. The Bertz CT molecular complexity index is 532. The molecule has 1 aromatic heterocycles. The number of rotatable bonds is 1. The lowest BCUT2D eigenvalue weighted by Gasteiger charge is -2.25. The van der Waals surface area contributed by atoms with Gasteiger partial charge < -0.3 is 9.52 Å². The van der Waals surface area contributed by atoms with Gasteiger partial charge >= 0.3 is 0 Å². The molecule has 1 aliphatic carbocycles. The predicted molar refractivity (Wildman–Crippen MR) is 68.4 cm³/mol. The van der Waals surface area contributed by atoms with Crippen molar-refractivity contribution < 1.29 is 9.52 Å². The van der Waals surface area contributed by atoms with Crippen LogP contribution in [0.3, 0.4) is 0 Å². The molecule has 90 valence electrons. The Morgan fingerprint density at radius 2 is 2.00 bits per heavy atom. The molecule has 0 bridgehead atoms. The molecular formula is C14H15ClO2. The number of aliphatic hydroxyl groups is 1. The highest BCUT2D eigenvalue weighted by Gasteiger charge is 2.27. The van der Waals surface area contributed by atoms with Crippen LogP contribution in [0, 0.1) is 0 Å². The monoisotopic (exact) mass is 250 g/mol. The van der Waals surface area contributed by atoms with Gasteiger partial charge in [0.2, 0.25) is 0 Å². The Morgan fingerprint density at radius 3 is 2.82 bits per heavy atom. The van der Waals surface area contributed by atoms with Gasteiger partial charge in [-0.1, -0.05) is 24.4 Å². The highest BCUT2D eigenvalue weighted by molar-refractivity contribution is 6.31. The molecule has 3 heteroatoms. The summed E-state index contributed by atoms with van der Waals surface area (Å²) >= 11 is 5.95. The summed E-state index contributed by atoms with van der Waals surface area (Å²) in [6, 6.07) is 7.63. The van der Waals surface area contributed by atoms with E-state index in [9.17, 15) is 5.11 Å². The largest absolute Gasteiger partial charge is 0.461 e. The zero-order valence-electron chi connectivity index (χ0n) is 9.53. The summed E-state index contributed by atoms with van der Waals surface area (Å²) in [5, 5.41) is 11.8. The normalized spacial score (nSPS) is 25.3. The Kier molecular flexibility index (Phi) is 2.85. The van der Waals surface area contributed by atoms with E-state index >= 15 is 0 Å². The number of hydrogen-bond donors (Lipinski definition) is 1. The fourth-order valence-electron chi connectivity index (χ4n) is 2.66. The molecular weight excluding hydrogens is 236 g/mol. The number of aliphatic hydroxyl groups excluding tert-OH is 1. The van der Waals surface area contributed by atoms with Gasteiger partial charge in [-0.25, -0.2) is 0 Å².